The van der Waals surface area contributed by atoms with Crippen LogP contribution >= 0.6 is 0 Å². The monoisotopic (exact) mass is 351 g/mol. The van der Waals surface area contributed by atoms with Gasteiger partial charge in [0.1, 0.15) is 6.33 Å². The Labute approximate surface area is 151 Å². The van der Waals surface area contributed by atoms with Crippen LogP contribution < -0.4 is 10.2 Å². The van der Waals surface area contributed by atoms with E-state index in [-0.39, 0.29) is 11.8 Å². The number of benzene rings is 1. The lowest BCUT2D eigenvalue weighted by Gasteiger charge is -2.38. The molecule has 0 atom stereocenters. The van der Waals surface area contributed by atoms with Crippen molar-refractivity contribution in [3.63, 3.8) is 0 Å². The van der Waals surface area contributed by atoms with Crippen LogP contribution in [0, 0.1) is 5.92 Å². The molecule has 1 aliphatic heterocycles. The van der Waals surface area contributed by atoms with Crippen LogP contribution in [0.15, 0.2) is 36.7 Å². The van der Waals surface area contributed by atoms with E-state index >= 15 is 0 Å². The summed E-state index contributed by atoms with van der Waals surface area (Å²) in [6.45, 7) is 1.99. The fraction of sp³-hybridized carbons (Fsp3) is 0.389. The molecule has 0 radical (unpaired) electrons. The molecule has 4 rings (SSSR count). The molecule has 1 aliphatic rings. The first-order valence-electron chi connectivity index (χ1n) is 8.79. The van der Waals surface area contributed by atoms with E-state index in [9.17, 15) is 4.79 Å². The largest absolute Gasteiger partial charge is 0.356 e. The normalized spacial score (nSPS) is 14.4. The Hall–Kier alpha value is -3.03. The van der Waals surface area contributed by atoms with Crippen molar-refractivity contribution in [2.75, 3.05) is 24.5 Å². The molecule has 3 aromatic rings. The van der Waals surface area contributed by atoms with Crippen LogP contribution in [0.3, 0.4) is 0 Å². The van der Waals surface area contributed by atoms with Gasteiger partial charge in [-0.05, 0) is 18.4 Å². The van der Waals surface area contributed by atoms with Crippen LogP contribution in [0.4, 0.5) is 5.82 Å². The summed E-state index contributed by atoms with van der Waals surface area (Å²) in [5.41, 5.74) is 2.67. The molecule has 1 aromatic carbocycles. The van der Waals surface area contributed by atoms with Crippen molar-refractivity contribution < 1.29 is 4.79 Å². The number of nitrogens with zero attached hydrogens (tertiary/aromatic N) is 6. The maximum absolute atomic E-state index is 12.3. The highest BCUT2D eigenvalue weighted by Crippen LogP contribution is 2.27. The van der Waals surface area contributed by atoms with E-state index in [1.807, 2.05) is 23.1 Å². The number of aryl methyl sites for hydroxylation is 2. The van der Waals surface area contributed by atoms with Gasteiger partial charge in [-0.2, -0.15) is 0 Å². The molecule has 8 heteroatoms. The number of anilines is 1. The number of carbonyl (C=O) groups excluding carboxylic acids is 1. The summed E-state index contributed by atoms with van der Waals surface area (Å²) in [6.07, 6.45) is 3.43. The van der Waals surface area contributed by atoms with Crippen molar-refractivity contribution in [2.24, 2.45) is 13.0 Å². The predicted octanol–water partition coefficient (Wildman–Crippen LogP) is 0.943. The summed E-state index contributed by atoms with van der Waals surface area (Å²) in [5, 5.41) is 11.1. The standard InChI is InChI=1S/C18H21N7O/c1-24-16-15(22-23-24)17(21-12-20-16)25-10-14(11-25)18(26)19-9-5-8-13-6-3-2-4-7-13/h2-4,6-7,12,14H,5,8-11H2,1H3,(H,19,26). The first kappa shape index (κ1) is 16.4. The maximum atomic E-state index is 12.3. The lowest BCUT2D eigenvalue weighted by molar-refractivity contribution is -0.125. The molecule has 26 heavy (non-hydrogen) atoms. The van der Waals surface area contributed by atoms with Crippen molar-refractivity contribution in [3.05, 3.63) is 42.2 Å². The minimum atomic E-state index is -0.00610. The minimum absolute atomic E-state index is 0.00610. The fourth-order valence-corrected chi connectivity index (χ4v) is 3.18. The molecule has 134 valence electrons. The summed E-state index contributed by atoms with van der Waals surface area (Å²) >= 11 is 0. The molecule has 1 amide bonds. The van der Waals surface area contributed by atoms with Gasteiger partial charge in [0.2, 0.25) is 5.91 Å². The molecule has 1 saturated heterocycles. The van der Waals surface area contributed by atoms with Crippen molar-refractivity contribution in [3.8, 4) is 0 Å². The van der Waals surface area contributed by atoms with Gasteiger partial charge in [-0.1, -0.05) is 35.5 Å². The van der Waals surface area contributed by atoms with Crippen molar-refractivity contribution in [2.45, 2.75) is 12.8 Å². The van der Waals surface area contributed by atoms with Crippen LogP contribution in [0.2, 0.25) is 0 Å². The second-order valence-electron chi connectivity index (χ2n) is 6.56. The molecule has 3 heterocycles. The Balaban J connectivity index is 1.26. The molecule has 0 aliphatic carbocycles. The van der Waals surface area contributed by atoms with E-state index in [1.54, 1.807) is 11.7 Å². The molecule has 1 N–H and O–H groups in total. The van der Waals surface area contributed by atoms with E-state index in [0.717, 1.165) is 18.7 Å². The number of hydrogen-bond donors (Lipinski definition) is 1. The Morgan fingerprint density at radius 1 is 1.23 bits per heavy atom. The number of aromatic nitrogens is 5. The van der Waals surface area contributed by atoms with E-state index in [4.69, 9.17) is 0 Å². The van der Waals surface area contributed by atoms with E-state index < -0.39 is 0 Å². The van der Waals surface area contributed by atoms with Gasteiger partial charge >= 0.3 is 0 Å². The van der Waals surface area contributed by atoms with Crippen LogP contribution in [-0.4, -0.2) is 50.5 Å². The van der Waals surface area contributed by atoms with E-state index in [0.29, 0.717) is 30.8 Å². The Morgan fingerprint density at radius 2 is 2.04 bits per heavy atom. The quantitative estimate of drug-likeness (QED) is 0.665. The second kappa shape index (κ2) is 7.07. The molecular weight excluding hydrogens is 330 g/mol. The SMILES string of the molecule is Cn1nnc2c(N3CC(C(=O)NCCCc4ccccc4)C3)ncnc21. The van der Waals surface area contributed by atoms with Gasteiger partial charge in [0.05, 0.1) is 5.92 Å². The molecular formula is C18H21N7O. The summed E-state index contributed by atoms with van der Waals surface area (Å²) in [6, 6.07) is 10.3. The zero-order valence-electron chi connectivity index (χ0n) is 14.7. The number of nitrogens with one attached hydrogen (secondary N) is 1. The zero-order valence-corrected chi connectivity index (χ0v) is 14.7. The average Bonchev–Trinajstić information content (AvgIpc) is 3.01. The Bertz CT molecular complexity index is 902. The average molecular weight is 351 g/mol. The number of hydrogen-bond acceptors (Lipinski definition) is 6. The highest BCUT2D eigenvalue weighted by molar-refractivity contribution is 5.86. The zero-order chi connectivity index (χ0) is 17.9. The third kappa shape index (κ3) is 3.22. The van der Waals surface area contributed by atoms with E-state index in [1.165, 1.54) is 11.9 Å². The number of rotatable bonds is 6. The van der Waals surface area contributed by atoms with Crippen molar-refractivity contribution >= 4 is 22.9 Å². The second-order valence-corrected chi connectivity index (χ2v) is 6.56. The van der Waals surface area contributed by atoms with Gasteiger partial charge in [0, 0.05) is 26.7 Å². The van der Waals surface area contributed by atoms with Crippen molar-refractivity contribution in [1.82, 2.24) is 30.3 Å². The first-order valence-corrected chi connectivity index (χ1v) is 8.79. The fourth-order valence-electron chi connectivity index (χ4n) is 3.18. The van der Waals surface area contributed by atoms with Crippen LogP contribution in [0.25, 0.3) is 11.2 Å². The molecule has 0 unspecified atom stereocenters. The third-order valence-electron chi connectivity index (χ3n) is 4.71. The number of fused-ring (bicyclic) bond motifs is 1. The molecule has 1 fully saturated rings. The summed E-state index contributed by atoms with van der Waals surface area (Å²) in [5.74, 6) is 0.850. The highest BCUT2D eigenvalue weighted by atomic mass is 16.2. The van der Waals surface area contributed by atoms with Gasteiger partial charge in [-0.15, -0.1) is 5.10 Å². The summed E-state index contributed by atoms with van der Waals surface area (Å²) in [4.78, 5) is 22.8. The number of amides is 1. The lowest BCUT2D eigenvalue weighted by Crippen LogP contribution is -2.54. The highest BCUT2D eigenvalue weighted by Gasteiger charge is 2.34. The maximum Gasteiger partial charge on any atom is 0.226 e. The van der Waals surface area contributed by atoms with Gasteiger partial charge < -0.3 is 10.2 Å². The Morgan fingerprint density at radius 3 is 2.85 bits per heavy atom. The van der Waals surface area contributed by atoms with Gasteiger partial charge in [0.25, 0.3) is 0 Å². The smallest absolute Gasteiger partial charge is 0.226 e. The van der Waals surface area contributed by atoms with Gasteiger partial charge in [0.15, 0.2) is 17.0 Å². The van der Waals surface area contributed by atoms with Crippen LogP contribution in [-0.2, 0) is 18.3 Å². The third-order valence-corrected chi connectivity index (χ3v) is 4.71. The molecule has 8 nitrogen and oxygen atoms in total. The van der Waals surface area contributed by atoms with Gasteiger partial charge in [-0.3, -0.25) is 4.79 Å². The van der Waals surface area contributed by atoms with E-state index in [2.05, 4.69) is 37.7 Å². The topological polar surface area (TPSA) is 88.8 Å². The summed E-state index contributed by atoms with van der Waals surface area (Å²) in [7, 11) is 1.80. The molecule has 2 aromatic heterocycles. The Kier molecular flexibility index (Phi) is 4.47. The van der Waals surface area contributed by atoms with Gasteiger partial charge in [-0.25, -0.2) is 14.6 Å². The lowest BCUT2D eigenvalue weighted by atomic mass is 9.99. The number of carbonyl (C=O) groups is 1. The first-order chi connectivity index (χ1) is 12.7. The van der Waals surface area contributed by atoms with Crippen LogP contribution in [0.1, 0.15) is 12.0 Å². The molecule has 0 spiro atoms. The molecule has 0 saturated carbocycles. The van der Waals surface area contributed by atoms with Crippen LogP contribution in [0.5, 0.6) is 0 Å². The van der Waals surface area contributed by atoms with Crippen molar-refractivity contribution in [1.29, 1.82) is 0 Å². The summed E-state index contributed by atoms with van der Waals surface area (Å²) < 4.78 is 1.62. The predicted molar refractivity (Wildman–Crippen MR) is 97.6 cm³/mol. The minimum Gasteiger partial charge on any atom is -0.356 e. The molecule has 0 bridgehead atoms.